The number of esters is 1. The Labute approximate surface area is 205 Å². The lowest BCUT2D eigenvalue weighted by Crippen LogP contribution is -2.22. The Bertz CT molecular complexity index is 1040. The fraction of sp³-hybridized carbons (Fsp3) is 0.478. The summed E-state index contributed by atoms with van der Waals surface area (Å²) in [7, 11) is 0.429. The van der Waals surface area contributed by atoms with E-state index in [-0.39, 0.29) is 24.9 Å². The van der Waals surface area contributed by atoms with Gasteiger partial charge >= 0.3 is 12.1 Å². The third kappa shape index (κ3) is 9.77. The molecule has 0 amide bonds. The molecule has 0 saturated heterocycles. The Balaban J connectivity index is 1.63. The Morgan fingerprint density at radius 1 is 1.00 bits per heavy atom. The molecule has 2 aromatic carbocycles. The second kappa shape index (κ2) is 14.1. The average molecular weight is 512 g/mol. The van der Waals surface area contributed by atoms with Gasteiger partial charge in [-0.05, 0) is 55.2 Å². The van der Waals surface area contributed by atoms with Gasteiger partial charge in [-0.25, -0.2) is 4.79 Å². The third-order valence-corrected chi connectivity index (χ3v) is 6.41. The monoisotopic (exact) mass is 511 g/mol. The van der Waals surface area contributed by atoms with Crippen LogP contribution in [0.5, 0.6) is 5.75 Å². The molecule has 2 rings (SSSR count). The van der Waals surface area contributed by atoms with Gasteiger partial charge in [-0.1, -0.05) is 24.3 Å². The maximum Gasteiger partial charge on any atom is 0.510 e. The first-order valence-corrected chi connectivity index (χ1v) is 12.4. The first kappa shape index (κ1) is 27.8. The molecule has 3 atom stereocenters. The van der Waals surface area contributed by atoms with Crippen molar-refractivity contribution in [2.24, 2.45) is 0 Å². The summed E-state index contributed by atoms with van der Waals surface area (Å²) in [5.41, 5.74) is 0.842. The van der Waals surface area contributed by atoms with Gasteiger partial charge < -0.3 is 18.9 Å². The Morgan fingerprint density at radius 2 is 1.63 bits per heavy atom. The highest BCUT2D eigenvalue weighted by atomic mass is 32.2. The third-order valence-electron chi connectivity index (χ3n) is 4.92. The molecule has 0 heterocycles. The van der Waals surface area contributed by atoms with Crippen molar-refractivity contribution in [2.75, 3.05) is 31.8 Å². The van der Waals surface area contributed by atoms with Crippen LogP contribution in [0.3, 0.4) is 0 Å². The van der Waals surface area contributed by atoms with Gasteiger partial charge in [0.2, 0.25) is 6.29 Å². The lowest BCUT2D eigenvalue weighted by molar-refractivity contribution is -0.777. The first-order valence-electron chi connectivity index (χ1n) is 10.9. The van der Waals surface area contributed by atoms with Crippen LogP contribution in [0.1, 0.15) is 38.2 Å². The van der Waals surface area contributed by atoms with Crippen molar-refractivity contribution in [3.63, 3.8) is 0 Å². The minimum absolute atomic E-state index is 0.0548. The standard InChI is InChI=1S/C23H29NO10S/c1-16(18-6-7-20-15-21(30-3)9-8-19(20)14-18)22(25)31-10-4-12-35(29)13-5-11-32-23(26)33-17(2)34-24(27)28/h6-9,14-17H,4-5,10-13H2,1-3H3/t16-,17?,35?/m0/s1. The maximum absolute atomic E-state index is 12.4. The summed E-state index contributed by atoms with van der Waals surface area (Å²) in [5.74, 6) is 0.575. The molecule has 0 aromatic heterocycles. The average Bonchev–Trinajstić information content (AvgIpc) is 2.82. The van der Waals surface area contributed by atoms with E-state index in [1.807, 2.05) is 36.4 Å². The van der Waals surface area contributed by atoms with E-state index in [4.69, 9.17) is 14.2 Å². The van der Waals surface area contributed by atoms with E-state index in [0.717, 1.165) is 22.1 Å². The molecule has 0 spiro atoms. The number of hydrogen-bond donors (Lipinski definition) is 0. The maximum atomic E-state index is 12.4. The van der Waals surface area contributed by atoms with Gasteiger partial charge in [-0.15, -0.1) is 10.1 Å². The van der Waals surface area contributed by atoms with E-state index in [1.165, 1.54) is 6.92 Å². The predicted molar refractivity (Wildman–Crippen MR) is 127 cm³/mol. The fourth-order valence-electron chi connectivity index (χ4n) is 3.08. The number of methoxy groups -OCH3 is 1. The van der Waals surface area contributed by atoms with Crippen LogP contribution in [0.15, 0.2) is 36.4 Å². The normalized spacial score (nSPS) is 13.3. The summed E-state index contributed by atoms with van der Waals surface area (Å²) in [6, 6.07) is 11.5. The van der Waals surface area contributed by atoms with Crippen molar-refractivity contribution < 1.29 is 42.7 Å². The molecule has 0 fully saturated rings. The zero-order valence-electron chi connectivity index (χ0n) is 19.8. The highest BCUT2D eigenvalue weighted by molar-refractivity contribution is 7.84. The number of ether oxygens (including phenoxy) is 4. The quantitative estimate of drug-likeness (QED) is 0.121. The molecule has 35 heavy (non-hydrogen) atoms. The topological polar surface area (TPSA) is 141 Å². The van der Waals surface area contributed by atoms with E-state index < -0.39 is 34.2 Å². The molecule has 0 N–H and O–H groups in total. The van der Waals surface area contributed by atoms with E-state index in [2.05, 4.69) is 9.57 Å². The molecular weight excluding hydrogens is 482 g/mol. The number of carbonyl (C=O) groups excluding carboxylic acids is 2. The second-order valence-electron chi connectivity index (χ2n) is 7.53. The summed E-state index contributed by atoms with van der Waals surface area (Å²) >= 11 is 0. The zero-order chi connectivity index (χ0) is 25.8. The van der Waals surface area contributed by atoms with Crippen LogP contribution < -0.4 is 4.74 Å². The smallest absolute Gasteiger partial charge is 0.497 e. The molecule has 2 aromatic rings. The van der Waals surface area contributed by atoms with E-state index >= 15 is 0 Å². The minimum Gasteiger partial charge on any atom is -0.497 e. The minimum atomic E-state index is -1.39. The van der Waals surface area contributed by atoms with Crippen LogP contribution in [0.4, 0.5) is 4.79 Å². The number of fused-ring (bicyclic) bond motifs is 1. The predicted octanol–water partition coefficient (Wildman–Crippen LogP) is 3.73. The van der Waals surface area contributed by atoms with Crippen LogP contribution in [0.25, 0.3) is 10.8 Å². The summed E-state index contributed by atoms with van der Waals surface area (Å²) in [5, 5.41) is 11.0. The zero-order valence-corrected chi connectivity index (χ0v) is 20.6. The molecule has 0 radical (unpaired) electrons. The highest BCUT2D eigenvalue weighted by Crippen LogP contribution is 2.25. The summed E-state index contributed by atoms with van der Waals surface area (Å²) in [6.45, 7) is 3.05. The van der Waals surface area contributed by atoms with Crippen molar-refractivity contribution in [1.82, 2.24) is 0 Å². The van der Waals surface area contributed by atoms with Crippen molar-refractivity contribution in [3.8, 4) is 5.75 Å². The van der Waals surface area contributed by atoms with Gasteiger partial charge in [-0.2, -0.15) is 0 Å². The summed E-state index contributed by atoms with van der Waals surface area (Å²) in [4.78, 5) is 37.9. The molecule has 2 unspecified atom stereocenters. The Kier molecular flexibility index (Phi) is 11.2. The molecular formula is C23H29NO10S. The number of hydrogen-bond acceptors (Lipinski definition) is 10. The molecule has 0 bridgehead atoms. The SMILES string of the molecule is COc1ccc2cc([C@H](C)C(=O)OCCCS(=O)CCCOC(=O)OC(C)O[N+](=O)[O-])ccc2c1. The fourth-order valence-corrected chi connectivity index (χ4v) is 4.17. The van der Waals surface area contributed by atoms with E-state index in [9.17, 15) is 23.9 Å². The van der Waals surface area contributed by atoms with Gasteiger partial charge in [0.15, 0.2) is 0 Å². The molecule has 0 aliphatic heterocycles. The van der Waals surface area contributed by atoms with Gasteiger partial charge in [0.05, 0.1) is 26.2 Å². The highest BCUT2D eigenvalue weighted by Gasteiger charge is 2.17. The van der Waals surface area contributed by atoms with Gasteiger partial charge in [-0.3, -0.25) is 13.8 Å². The van der Waals surface area contributed by atoms with Crippen LogP contribution >= 0.6 is 0 Å². The van der Waals surface area contributed by atoms with Crippen LogP contribution in [-0.2, 0) is 34.6 Å². The van der Waals surface area contributed by atoms with Gasteiger partial charge in [0.1, 0.15) is 5.75 Å². The molecule has 0 saturated carbocycles. The van der Waals surface area contributed by atoms with Crippen LogP contribution in [-0.4, -0.2) is 59.5 Å². The first-order chi connectivity index (χ1) is 16.7. The Morgan fingerprint density at radius 3 is 2.29 bits per heavy atom. The van der Waals surface area contributed by atoms with Crippen molar-refractivity contribution in [2.45, 2.75) is 38.9 Å². The van der Waals surface area contributed by atoms with Gasteiger partial charge in [0.25, 0.3) is 5.09 Å². The van der Waals surface area contributed by atoms with Crippen molar-refractivity contribution >= 4 is 33.7 Å². The van der Waals surface area contributed by atoms with Gasteiger partial charge in [0, 0.05) is 22.3 Å². The molecule has 0 aliphatic carbocycles. The lowest BCUT2D eigenvalue weighted by Gasteiger charge is -2.13. The van der Waals surface area contributed by atoms with Crippen molar-refractivity contribution in [1.29, 1.82) is 0 Å². The second-order valence-corrected chi connectivity index (χ2v) is 9.23. The lowest BCUT2D eigenvalue weighted by atomic mass is 9.98. The summed E-state index contributed by atoms with van der Waals surface area (Å²) in [6.07, 6.45) is -1.75. The van der Waals surface area contributed by atoms with Crippen molar-refractivity contribution in [3.05, 3.63) is 52.1 Å². The number of carbonyl (C=O) groups is 2. The summed E-state index contributed by atoms with van der Waals surface area (Å²) < 4.78 is 31.8. The molecule has 192 valence electrons. The van der Waals surface area contributed by atoms with Crippen LogP contribution in [0, 0.1) is 10.1 Å². The number of nitrogens with zero attached hydrogens (tertiary/aromatic N) is 1. The van der Waals surface area contributed by atoms with E-state index in [1.54, 1.807) is 14.0 Å². The van der Waals surface area contributed by atoms with Crippen LogP contribution in [0.2, 0.25) is 0 Å². The number of rotatable bonds is 14. The molecule has 11 nitrogen and oxygen atoms in total. The molecule has 12 heteroatoms. The molecule has 0 aliphatic rings. The largest absolute Gasteiger partial charge is 0.510 e. The Hall–Kier alpha value is -3.41. The van der Waals surface area contributed by atoms with E-state index in [0.29, 0.717) is 18.6 Å². The number of benzene rings is 2.